The summed E-state index contributed by atoms with van der Waals surface area (Å²) in [5, 5.41) is 8.82. The van der Waals surface area contributed by atoms with Crippen LogP contribution in [0.3, 0.4) is 0 Å². The third-order valence-corrected chi connectivity index (χ3v) is 1.80. The van der Waals surface area contributed by atoms with Gasteiger partial charge in [-0.25, -0.2) is 4.39 Å². The summed E-state index contributed by atoms with van der Waals surface area (Å²) in [6.45, 7) is -0.360. The smallest absolute Gasteiger partial charge is 0.227 e. The number of hydrogen-bond donors (Lipinski definition) is 2. The van der Waals surface area contributed by atoms with Gasteiger partial charge in [0.2, 0.25) is 5.91 Å². The van der Waals surface area contributed by atoms with Gasteiger partial charge in [0.25, 0.3) is 0 Å². The summed E-state index contributed by atoms with van der Waals surface area (Å²) in [6.07, 6.45) is 0. The molecule has 1 atom stereocenters. The topological polar surface area (TPSA) is 63.3 Å². The van der Waals surface area contributed by atoms with Gasteiger partial charge in [0.1, 0.15) is 5.82 Å². The molecule has 1 aromatic rings. The molecule has 4 heteroatoms. The molecule has 3 nitrogen and oxygen atoms in total. The average molecular weight is 183 g/mol. The van der Waals surface area contributed by atoms with Crippen LogP contribution in [0, 0.1) is 5.82 Å². The van der Waals surface area contributed by atoms with Crippen molar-refractivity contribution in [1.29, 1.82) is 0 Å². The minimum Gasteiger partial charge on any atom is -0.395 e. The van der Waals surface area contributed by atoms with Gasteiger partial charge < -0.3 is 10.8 Å². The number of hydrogen-bond acceptors (Lipinski definition) is 2. The number of benzene rings is 1. The summed E-state index contributed by atoms with van der Waals surface area (Å²) >= 11 is 0. The van der Waals surface area contributed by atoms with Crippen molar-refractivity contribution in [3.05, 3.63) is 35.6 Å². The molecule has 0 aliphatic rings. The zero-order chi connectivity index (χ0) is 9.84. The highest BCUT2D eigenvalue weighted by Gasteiger charge is 2.15. The number of amides is 1. The van der Waals surface area contributed by atoms with Crippen LogP contribution in [0.4, 0.5) is 4.39 Å². The Kier molecular flexibility index (Phi) is 2.97. The van der Waals surface area contributed by atoms with E-state index in [1.165, 1.54) is 24.3 Å². The molecule has 0 fully saturated rings. The Bertz CT molecular complexity index is 297. The second kappa shape index (κ2) is 4.00. The first kappa shape index (κ1) is 9.67. The van der Waals surface area contributed by atoms with Crippen molar-refractivity contribution in [2.75, 3.05) is 6.61 Å². The number of carbonyl (C=O) groups is 1. The predicted molar refractivity (Wildman–Crippen MR) is 45.4 cm³/mol. The molecule has 0 aliphatic heterocycles. The minimum atomic E-state index is -0.749. The minimum absolute atomic E-state index is 0.360. The average Bonchev–Trinajstić information content (AvgIpc) is 2.09. The molecule has 1 aromatic carbocycles. The van der Waals surface area contributed by atoms with Crippen LogP contribution in [0.1, 0.15) is 11.5 Å². The molecular weight excluding hydrogens is 173 g/mol. The SMILES string of the molecule is NC(=O)[C@H](CO)c1ccc(F)cc1. The molecule has 0 heterocycles. The van der Waals surface area contributed by atoms with Crippen LogP contribution in [-0.2, 0) is 4.79 Å². The summed E-state index contributed by atoms with van der Waals surface area (Å²) < 4.78 is 12.5. The molecule has 0 aromatic heterocycles. The maximum atomic E-state index is 12.5. The van der Waals surface area contributed by atoms with Gasteiger partial charge in [0, 0.05) is 0 Å². The summed E-state index contributed by atoms with van der Waals surface area (Å²) in [5.74, 6) is -1.75. The highest BCUT2D eigenvalue weighted by atomic mass is 19.1. The van der Waals surface area contributed by atoms with Crippen molar-refractivity contribution in [3.63, 3.8) is 0 Å². The van der Waals surface area contributed by atoms with Crippen molar-refractivity contribution in [3.8, 4) is 0 Å². The maximum absolute atomic E-state index is 12.5. The van der Waals surface area contributed by atoms with Crippen molar-refractivity contribution >= 4 is 5.91 Å². The van der Waals surface area contributed by atoms with Crippen LogP contribution in [0.2, 0.25) is 0 Å². The van der Waals surface area contributed by atoms with Gasteiger partial charge in [-0.3, -0.25) is 4.79 Å². The summed E-state index contributed by atoms with van der Waals surface area (Å²) in [7, 11) is 0. The van der Waals surface area contributed by atoms with Gasteiger partial charge in [-0.15, -0.1) is 0 Å². The van der Waals surface area contributed by atoms with E-state index < -0.39 is 11.8 Å². The highest BCUT2D eigenvalue weighted by Crippen LogP contribution is 2.14. The fourth-order valence-corrected chi connectivity index (χ4v) is 1.05. The first-order valence-electron chi connectivity index (χ1n) is 3.80. The molecule has 0 aliphatic carbocycles. The van der Waals surface area contributed by atoms with Gasteiger partial charge >= 0.3 is 0 Å². The molecule has 0 saturated carbocycles. The zero-order valence-corrected chi connectivity index (χ0v) is 6.90. The van der Waals surface area contributed by atoms with E-state index in [0.717, 1.165) is 0 Å². The number of nitrogens with two attached hydrogens (primary N) is 1. The fourth-order valence-electron chi connectivity index (χ4n) is 1.05. The molecule has 0 bridgehead atoms. The van der Waals surface area contributed by atoms with E-state index in [0.29, 0.717) is 5.56 Å². The molecular formula is C9H10FNO2. The number of halogens is 1. The number of rotatable bonds is 3. The second-order valence-electron chi connectivity index (χ2n) is 2.69. The van der Waals surface area contributed by atoms with Crippen molar-refractivity contribution in [2.45, 2.75) is 5.92 Å². The largest absolute Gasteiger partial charge is 0.395 e. The molecule has 0 spiro atoms. The van der Waals surface area contributed by atoms with Gasteiger partial charge in [-0.05, 0) is 17.7 Å². The van der Waals surface area contributed by atoms with Crippen LogP contribution in [0.15, 0.2) is 24.3 Å². The Morgan fingerprint density at radius 2 is 2.00 bits per heavy atom. The van der Waals surface area contributed by atoms with E-state index in [9.17, 15) is 9.18 Å². The molecule has 0 saturated heterocycles. The number of aliphatic hydroxyl groups is 1. The molecule has 13 heavy (non-hydrogen) atoms. The quantitative estimate of drug-likeness (QED) is 0.711. The molecule has 0 unspecified atom stereocenters. The lowest BCUT2D eigenvalue weighted by Crippen LogP contribution is -2.24. The molecule has 1 amide bonds. The van der Waals surface area contributed by atoms with Gasteiger partial charge in [0.15, 0.2) is 0 Å². The first-order chi connectivity index (χ1) is 6.15. The number of carbonyl (C=O) groups excluding carboxylic acids is 1. The van der Waals surface area contributed by atoms with Crippen molar-refractivity contribution in [1.82, 2.24) is 0 Å². The zero-order valence-electron chi connectivity index (χ0n) is 6.90. The Labute approximate surface area is 75.0 Å². The van der Waals surface area contributed by atoms with E-state index in [1.54, 1.807) is 0 Å². The lowest BCUT2D eigenvalue weighted by atomic mass is 10.00. The van der Waals surface area contributed by atoms with Crippen molar-refractivity contribution < 1.29 is 14.3 Å². The lowest BCUT2D eigenvalue weighted by molar-refractivity contribution is -0.120. The molecule has 1 rings (SSSR count). The molecule has 70 valence electrons. The lowest BCUT2D eigenvalue weighted by Gasteiger charge is -2.09. The highest BCUT2D eigenvalue weighted by molar-refractivity contribution is 5.82. The monoisotopic (exact) mass is 183 g/mol. The normalized spacial score (nSPS) is 12.5. The summed E-state index contributed by atoms with van der Waals surface area (Å²) in [6, 6.07) is 5.31. The van der Waals surface area contributed by atoms with Gasteiger partial charge in [-0.1, -0.05) is 12.1 Å². The van der Waals surface area contributed by atoms with E-state index in [2.05, 4.69) is 0 Å². The maximum Gasteiger partial charge on any atom is 0.227 e. The fraction of sp³-hybridized carbons (Fsp3) is 0.222. The third kappa shape index (κ3) is 2.26. The summed E-state index contributed by atoms with van der Waals surface area (Å²) in [5.41, 5.74) is 5.55. The Morgan fingerprint density at radius 1 is 1.46 bits per heavy atom. The predicted octanol–water partition coefficient (Wildman–Crippen LogP) is 0.387. The van der Waals surface area contributed by atoms with Crippen LogP contribution >= 0.6 is 0 Å². The van der Waals surface area contributed by atoms with E-state index >= 15 is 0 Å². The van der Waals surface area contributed by atoms with Gasteiger partial charge in [0.05, 0.1) is 12.5 Å². The second-order valence-corrected chi connectivity index (χ2v) is 2.69. The standard InChI is InChI=1S/C9H10FNO2/c10-7-3-1-6(2-4-7)8(5-12)9(11)13/h1-4,8,12H,5H2,(H2,11,13)/t8-/m1/s1. The number of primary amides is 1. The first-order valence-corrected chi connectivity index (χ1v) is 3.80. The van der Waals surface area contributed by atoms with Crippen LogP contribution in [0.5, 0.6) is 0 Å². The van der Waals surface area contributed by atoms with E-state index in [1.807, 2.05) is 0 Å². The van der Waals surface area contributed by atoms with Crippen molar-refractivity contribution in [2.24, 2.45) is 5.73 Å². The van der Waals surface area contributed by atoms with Gasteiger partial charge in [-0.2, -0.15) is 0 Å². The van der Waals surface area contributed by atoms with Crippen LogP contribution in [0.25, 0.3) is 0 Å². The van der Waals surface area contributed by atoms with E-state index in [4.69, 9.17) is 10.8 Å². The third-order valence-electron chi connectivity index (χ3n) is 1.80. The molecule has 3 N–H and O–H groups in total. The van der Waals surface area contributed by atoms with Crippen LogP contribution < -0.4 is 5.73 Å². The van der Waals surface area contributed by atoms with E-state index in [-0.39, 0.29) is 12.4 Å². The van der Waals surface area contributed by atoms with Crippen LogP contribution in [-0.4, -0.2) is 17.6 Å². The number of aliphatic hydroxyl groups excluding tert-OH is 1. The Hall–Kier alpha value is -1.42. The summed E-state index contributed by atoms with van der Waals surface area (Å²) in [4.78, 5) is 10.8. The Morgan fingerprint density at radius 3 is 2.38 bits per heavy atom. The molecule has 0 radical (unpaired) electrons. The Balaban J connectivity index is 2.92.